The van der Waals surface area contributed by atoms with E-state index in [1.807, 2.05) is 36.5 Å². The van der Waals surface area contributed by atoms with Crippen molar-refractivity contribution in [2.24, 2.45) is 0 Å². The van der Waals surface area contributed by atoms with Crippen LogP contribution in [0.5, 0.6) is 0 Å². The Morgan fingerprint density at radius 3 is 2.57 bits per heavy atom. The molecule has 1 aliphatic carbocycles. The van der Waals surface area contributed by atoms with E-state index < -0.39 is 0 Å². The SMILES string of the molecule is N=Cc1c(N)ccc2nc(-c3cn[nH]c3-c3ccccc3)c3c(c12)CCCC3. The molecule has 5 nitrogen and oxygen atoms in total. The van der Waals surface area contributed by atoms with Crippen LogP contribution in [0.15, 0.2) is 48.7 Å². The number of nitrogens with two attached hydrogens (primary N) is 1. The molecule has 0 aliphatic heterocycles. The van der Waals surface area contributed by atoms with Crippen molar-refractivity contribution in [2.75, 3.05) is 5.73 Å². The minimum atomic E-state index is 0.637. The summed E-state index contributed by atoms with van der Waals surface area (Å²) in [6, 6.07) is 14.1. The highest BCUT2D eigenvalue weighted by atomic mass is 15.1. The summed E-state index contributed by atoms with van der Waals surface area (Å²) in [7, 11) is 0. The molecular formula is C23H21N5. The minimum Gasteiger partial charge on any atom is -0.398 e. The smallest absolute Gasteiger partial charge is 0.0782 e. The van der Waals surface area contributed by atoms with Gasteiger partial charge in [-0.25, -0.2) is 4.98 Å². The standard InChI is InChI=1S/C23H21N5/c24-12-17-19(25)10-11-20-21(17)15-8-4-5-9-16(15)23(27-20)18-13-26-28-22(18)14-6-2-1-3-7-14/h1-3,6-7,10-13,24H,4-5,8-9,25H2,(H,26,28). The van der Waals surface area contributed by atoms with Gasteiger partial charge in [-0.1, -0.05) is 30.3 Å². The number of pyridine rings is 1. The molecule has 0 spiro atoms. The summed E-state index contributed by atoms with van der Waals surface area (Å²) in [5.74, 6) is 0. The molecule has 0 saturated heterocycles. The molecule has 2 heterocycles. The largest absolute Gasteiger partial charge is 0.398 e. The van der Waals surface area contributed by atoms with Crippen LogP contribution >= 0.6 is 0 Å². The first-order valence-electron chi connectivity index (χ1n) is 9.61. The van der Waals surface area contributed by atoms with Crippen molar-refractivity contribution in [3.8, 4) is 22.5 Å². The lowest BCUT2D eigenvalue weighted by molar-refractivity contribution is 0.689. The maximum Gasteiger partial charge on any atom is 0.0782 e. The van der Waals surface area contributed by atoms with E-state index in [1.165, 1.54) is 17.3 Å². The lowest BCUT2D eigenvalue weighted by Gasteiger charge is -2.22. The zero-order valence-electron chi connectivity index (χ0n) is 15.5. The summed E-state index contributed by atoms with van der Waals surface area (Å²) in [6.07, 6.45) is 7.51. The number of aryl methyl sites for hydroxylation is 1. The molecule has 5 heteroatoms. The number of rotatable bonds is 3. The van der Waals surface area contributed by atoms with Gasteiger partial charge in [0.2, 0.25) is 0 Å². The molecule has 0 unspecified atom stereocenters. The first-order chi connectivity index (χ1) is 13.8. The van der Waals surface area contributed by atoms with Crippen LogP contribution in [-0.4, -0.2) is 21.4 Å². The van der Waals surface area contributed by atoms with Crippen molar-refractivity contribution < 1.29 is 0 Å². The number of nitrogens with zero attached hydrogens (tertiary/aromatic N) is 2. The van der Waals surface area contributed by atoms with E-state index >= 15 is 0 Å². The molecule has 0 radical (unpaired) electrons. The van der Waals surface area contributed by atoms with E-state index in [4.69, 9.17) is 16.1 Å². The fourth-order valence-electron chi connectivity index (χ4n) is 4.33. The second-order valence-electron chi connectivity index (χ2n) is 7.26. The van der Waals surface area contributed by atoms with E-state index in [9.17, 15) is 0 Å². The molecule has 4 N–H and O–H groups in total. The molecule has 2 aromatic carbocycles. The van der Waals surface area contributed by atoms with E-state index in [0.717, 1.165) is 64.7 Å². The van der Waals surface area contributed by atoms with Crippen LogP contribution in [0, 0.1) is 5.41 Å². The normalized spacial score (nSPS) is 13.4. The summed E-state index contributed by atoms with van der Waals surface area (Å²) in [5, 5.41) is 16.4. The lowest BCUT2D eigenvalue weighted by atomic mass is 9.84. The Hall–Kier alpha value is -3.47. The average molecular weight is 367 g/mol. The number of hydrogen-bond acceptors (Lipinski definition) is 4. The number of H-pyrrole nitrogens is 1. The van der Waals surface area contributed by atoms with Crippen LogP contribution in [0.2, 0.25) is 0 Å². The molecule has 0 atom stereocenters. The molecule has 0 fully saturated rings. The van der Waals surface area contributed by atoms with Crippen molar-refractivity contribution in [3.63, 3.8) is 0 Å². The van der Waals surface area contributed by atoms with Crippen LogP contribution in [0.3, 0.4) is 0 Å². The number of fused-ring (bicyclic) bond motifs is 3. The van der Waals surface area contributed by atoms with Gasteiger partial charge in [0, 0.05) is 34.0 Å². The van der Waals surface area contributed by atoms with Crippen LogP contribution in [0.25, 0.3) is 33.4 Å². The molecule has 0 bridgehead atoms. The van der Waals surface area contributed by atoms with Crippen molar-refractivity contribution in [1.29, 1.82) is 5.41 Å². The molecule has 0 amide bonds. The number of aromatic amines is 1. The fraction of sp³-hybridized carbons (Fsp3) is 0.174. The van der Waals surface area contributed by atoms with Gasteiger partial charge in [0.1, 0.15) is 0 Å². The Morgan fingerprint density at radius 2 is 1.79 bits per heavy atom. The van der Waals surface area contributed by atoms with Crippen molar-refractivity contribution in [3.05, 3.63) is 65.4 Å². The average Bonchev–Trinajstić information content (AvgIpc) is 3.23. The number of nitrogen functional groups attached to an aromatic ring is 1. The summed E-state index contributed by atoms with van der Waals surface area (Å²) in [6.45, 7) is 0. The van der Waals surface area contributed by atoms with Crippen LogP contribution < -0.4 is 5.73 Å². The molecule has 5 rings (SSSR count). The minimum absolute atomic E-state index is 0.637. The van der Waals surface area contributed by atoms with Gasteiger partial charge in [0.05, 0.1) is 23.1 Å². The summed E-state index contributed by atoms with van der Waals surface area (Å²) < 4.78 is 0. The van der Waals surface area contributed by atoms with Crippen LogP contribution in [0.4, 0.5) is 5.69 Å². The third kappa shape index (κ3) is 2.51. The summed E-state index contributed by atoms with van der Waals surface area (Å²) in [5.41, 5.74) is 15.1. The molecule has 0 saturated carbocycles. The zero-order valence-corrected chi connectivity index (χ0v) is 15.5. The predicted octanol–water partition coefficient (Wildman–Crippen LogP) is 4.75. The van der Waals surface area contributed by atoms with Gasteiger partial charge in [0.15, 0.2) is 0 Å². The van der Waals surface area contributed by atoms with Gasteiger partial charge in [0.25, 0.3) is 0 Å². The zero-order chi connectivity index (χ0) is 19.1. The Morgan fingerprint density at radius 1 is 1.00 bits per heavy atom. The second-order valence-corrected chi connectivity index (χ2v) is 7.26. The number of nitrogens with one attached hydrogen (secondary N) is 2. The van der Waals surface area contributed by atoms with Gasteiger partial charge in [-0.2, -0.15) is 5.10 Å². The van der Waals surface area contributed by atoms with E-state index in [0.29, 0.717) is 5.69 Å². The maximum atomic E-state index is 7.88. The second kappa shape index (κ2) is 6.60. The molecule has 1 aliphatic rings. The molecular weight excluding hydrogens is 346 g/mol. The monoisotopic (exact) mass is 367 g/mol. The predicted molar refractivity (Wildman–Crippen MR) is 114 cm³/mol. The van der Waals surface area contributed by atoms with Gasteiger partial charge < -0.3 is 11.1 Å². The highest BCUT2D eigenvalue weighted by Crippen LogP contribution is 2.39. The van der Waals surface area contributed by atoms with E-state index in [1.54, 1.807) is 0 Å². The van der Waals surface area contributed by atoms with Gasteiger partial charge in [-0.3, -0.25) is 5.10 Å². The van der Waals surface area contributed by atoms with Gasteiger partial charge in [-0.15, -0.1) is 0 Å². The lowest BCUT2D eigenvalue weighted by Crippen LogP contribution is -2.09. The topological polar surface area (TPSA) is 91.4 Å². The fourth-order valence-corrected chi connectivity index (χ4v) is 4.33. The Bertz CT molecular complexity index is 1190. The summed E-state index contributed by atoms with van der Waals surface area (Å²) >= 11 is 0. The molecule has 4 aromatic rings. The Balaban J connectivity index is 1.82. The number of hydrogen-bond donors (Lipinski definition) is 3. The number of benzene rings is 2. The first-order valence-corrected chi connectivity index (χ1v) is 9.61. The number of aromatic nitrogens is 3. The van der Waals surface area contributed by atoms with Crippen molar-refractivity contribution in [1.82, 2.24) is 15.2 Å². The van der Waals surface area contributed by atoms with Crippen molar-refractivity contribution in [2.45, 2.75) is 25.7 Å². The third-order valence-electron chi connectivity index (χ3n) is 5.65. The van der Waals surface area contributed by atoms with Crippen LogP contribution in [0.1, 0.15) is 29.5 Å². The number of anilines is 1. The maximum absolute atomic E-state index is 7.88. The van der Waals surface area contributed by atoms with Crippen LogP contribution in [-0.2, 0) is 12.8 Å². The molecule has 138 valence electrons. The Kier molecular flexibility index (Phi) is 3.93. The highest BCUT2D eigenvalue weighted by molar-refractivity contribution is 6.05. The van der Waals surface area contributed by atoms with E-state index in [2.05, 4.69) is 22.3 Å². The third-order valence-corrected chi connectivity index (χ3v) is 5.65. The molecule has 2 aromatic heterocycles. The highest BCUT2D eigenvalue weighted by Gasteiger charge is 2.23. The van der Waals surface area contributed by atoms with Crippen molar-refractivity contribution >= 4 is 22.8 Å². The summed E-state index contributed by atoms with van der Waals surface area (Å²) in [4.78, 5) is 5.05. The van der Waals surface area contributed by atoms with E-state index in [-0.39, 0.29) is 0 Å². The quantitative estimate of drug-likeness (QED) is 0.360. The first kappa shape index (κ1) is 16.7. The Labute approximate surface area is 163 Å². The molecule has 28 heavy (non-hydrogen) atoms. The van der Waals surface area contributed by atoms with Gasteiger partial charge >= 0.3 is 0 Å². The van der Waals surface area contributed by atoms with Gasteiger partial charge in [-0.05, 0) is 48.9 Å².